The van der Waals surface area contributed by atoms with Crippen molar-refractivity contribution in [3.8, 4) is 11.1 Å². The van der Waals surface area contributed by atoms with Crippen molar-refractivity contribution >= 4 is 23.2 Å². The Morgan fingerprint density at radius 2 is 1.94 bits per heavy atom. The molecule has 0 aliphatic carbocycles. The third-order valence-electron chi connectivity index (χ3n) is 2.63. The van der Waals surface area contributed by atoms with Gasteiger partial charge in [-0.15, -0.1) is 0 Å². The molecule has 1 N–H and O–H groups in total. The van der Waals surface area contributed by atoms with Crippen molar-refractivity contribution < 1.29 is 4.42 Å². The summed E-state index contributed by atoms with van der Waals surface area (Å²) in [6.45, 7) is 4.85. The number of benzene rings is 1. The van der Waals surface area contributed by atoms with E-state index < -0.39 is 0 Å². The predicted molar refractivity (Wildman–Crippen MR) is 76.1 cm³/mol. The summed E-state index contributed by atoms with van der Waals surface area (Å²) in [6.07, 6.45) is 1.67. The van der Waals surface area contributed by atoms with Crippen LogP contribution < -0.4 is 5.32 Å². The van der Waals surface area contributed by atoms with Gasteiger partial charge < -0.3 is 9.73 Å². The van der Waals surface area contributed by atoms with E-state index in [1.165, 1.54) is 0 Å². The Morgan fingerprint density at radius 3 is 2.67 bits per heavy atom. The minimum absolute atomic E-state index is 0.401. The molecule has 1 heterocycles. The fourth-order valence-corrected chi connectivity index (χ4v) is 2.11. The first kappa shape index (κ1) is 13.5. The third-order valence-corrected chi connectivity index (χ3v) is 3.20. The molecule has 2 rings (SSSR count). The summed E-state index contributed by atoms with van der Waals surface area (Å²) >= 11 is 12.2. The van der Waals surface area contributed by atoms with Crippen LogP contribution >= 0.6 is 23.2 Å². The zero-order valence-electron chi connectivity index (χ0n) is 10.3. The van der Waals surface area contributed by atoms with Gasteiger partial charge in [-0.2, -0.15) is 0 Å². The highest BCUT2D eigenvalue weighted by Gasteiger charge is 2.12. The molecule has 0 aliphatic rings. The molecule has 0 saturated heterocycles. The lowest BCUT2D eigenvalue weighted by Crippen LogP contribution is -2.21. The van der Waals surface area contributed by atoms with Gasteiger partial charge in [0.05, 0.1) is 12.8 Å². The van der Waals surface area contributed by atoms with Crippen LogP contribution in [-0.2, 0) is 6.54 Å². The highest BCUT2D eigenvalue weighted by Crippen LogP contribution is 2.33. The van der Waals surface area contributed by atoms with Gasteiger partial charge in [0.1, 0.15) is 5.76 Å². The van der Waals surface area contributed by atoms with Gasteiger partial charge in [-0.25, -0.2) is 0 Å². The van der Waals surface area contributed by atoms with Gasteiger partial charge in [-0.1, -0.05) is 37.0 Å². The molecule has 0 aliphatic heterocycles. The molecule has 0 atom stereocenters. The van der Waals surface area contributed by atoms with Crippen molar-refractivity contribution in [1.82, 2.24) is 5.32 Å². The summed E-state index contributed by atoms with van der Waals surface area (Å²) in [6, 6.07) is 7.74. The van der Waals surface area contributed by atoms with E-state index in [0.717, 1.165) is 16.9 Å². The second kappa shape index (κ2) is 5.79. The van der Waals surface area contributed by atoms with Crippen molar-refractivity contribution in [3.63, 3.8) is 0 Å². The third kappa shape index (κ3) is 3.08. The summed E-state index contributed by atoms with van der Waals surface area (Å²) in [5.41, 5.74) is 1.88. The number of rotatable bonds is 4. The molecule has 0 saturated carbocycles. The highest BCUT2D eigenvalue weighted by atomic mass is 35.5. The van der Waals surface area contributed by atoms with Gasteiger partial charge in [0.15, 0.2) is 0 Å². The lowest BCUT2D eigenvalue weighted by atomic mass is 10.1. The maximum Gasteiger partial charge on any atom is 0.125 e. The van der Waals surface area contributed by atoms with E-state index in [1.807, 2.05) is 12.1 Å². The number of halogens is 2. The van der Waals surface area contributed by atoms with Crippen LogP contribution in [0.4, 0.5) is 0 Å². The topological polar surface area (TPSA) is 25.2 Å². The van der Waals surface area contributed by atoms with E-state index in [1.54, 1.807) is 18.4 Å². The van der Waals surface area contributed by atoms with Gasteiger partial charge in [0.25, 0.3) is 0 Å². The van der Waals surface area contributed by atoms with Crippen LogP contribution in [0, 0.1) is 0 Å². The average Bonchev–Trinajstić information content (AvgIpc) is 2.77. The molecule has 0 fully saturated rings. The number of hydrogen-bond acceptors (Lipinski definition) is 2. The van der Waals surface area contributed by atoms with Crippen molar-refractivity contribution in [3.05, 3.63) is 46.3 Å². The molecule has 1 aromatic heterocycles. The molecule has 2 nitrogen and oxygen atoms in total. The first-order chi connectivity index (χ1) is 8.58. The summed E-state index contributed by atoms with van der Waals surface area (Å²) in [7, 11) is 0. The van der Waals surface area contributed by atoms with Gasteiger partial charge in [-0.05, 0) is 24.3 Å². The molecule has 0 bridgehead atoms. The SMILES string of the molecule is CC(C)NCc1occc1-c1cc(Cl)ccc1Cl. The van der Waals surface area contributed by atoms with Crippen molar-refractivity contribution in [2.45, 2.75) is 26.4 Å². The summed E-state index contributed by atoms with van der Waals surface area (Å²) in [5, 5.41) is 4.66. The molecule has 2 aromatic rings. The standard InChI is InChI=1S/C14H15Cl2NO/c1-9(2)17-8-14-11(5-6-18-14)12-7-10(15)3-4-13(12)16/h3-7,9,17H,8H2,1-2H3. The van der Waals surface area contributed by atoms with E-state index in [-0.39, 0.29) is 0 Å². The molecule has 0 amide bonds. The molecule has 4 heteroatoms. The van der Waals surface area contributed by atoms with Crippen LogP contribution in [0.3, 0.4) is 0 Å². The van der Waals surface area contributed by atoms with Crippen LogP contribution in [0.2, 0.25) is 10.0 Å². The van der Waals surface area contributed by atoms with Crippen molar-refractivity contribution in [2.75, 3.05) is 0 Å². The molecule has 0 spiro atoms. The van der Waals surface area contributed by atoms with Gasteiger partial charge in [-0.3, -0.25) is 0 Å². The first-order valence-corrected chi connectivity index (χ1v) is 6.58. The van der Waals surface area contributed by atoms with Crippen molar-refractivity contribution in [1.29, 1.82) is 0 Å². The second-order valence-corrected chi connectivity index (χ2v) is 5.26. The van der Waals surface area contributed by atoms with Crippen LogP contribution in [0.1, 0.15) is 19.6 Å². The van der Waals surface area contributed by atoms with E-state index in [2.05, 4.69) is 19.2 Å². The molecule has 0 unspecified atom stereocenters. The Balaban J connectivity index is 2.33. The number of furan rings is 1. The maximum absolute atomic E-state index is 6.20. The maximum atomic E-state index is 6.20. The van der Waals surface area contributed by atoms with Crippen LogP contribution in [0.15, 0.2) is 34.9 Å². The largest absolute Gasteiger partial charge is 0.467 e. The van der Waals surface area contributed by atoms with Crippen molar-refractivity contribution in [2.24, 2.45) is 0 Å². The lowest BCUT2D eigenvalue weighted by molar-refractivity contribution is 0.466. The van der Waals surface area contributed by atoms with Gasteiger partial charge >= 0.3 is 0 Å². The lowest BCUT2D eigenvalue weighted by Gasteiger charge is -2.09. The monoisotopic (exact) mass is 283 g/mol. The summed E-state index contributed by atoms with van der Waals surface area (Å²) in [4.78, 5) is 0. The van der Waals surface area contributed by atoms with Crippen LogP contribution in [-0.4, -0.2) is 6.04 Å². The minimum atomic E-state index is 0.401. The average molecular weight is 284 g/mol. The Morgan fingerprint density at radius 1 is 1.17 bits per heavy atom. The summed E-state index contributed by atoms with van der Waals surface area (Å²) < 4.78 is 5.50. The predicted octanol–water partition coefficient (Wildman–Crippen LogP) is 4.75. The Labute approximate surface area is 117 Å². The fraction of sp³-hybridized carbons (Fsp3) is 0.286. The molecular formula is C14H15Cl2NO. The molecule has 96 valence electrons. The minimum Gasteiger partial charge on any atom is -0.467 e. The quantitative estimate of drug-likeness (QED) is 0.876. The Hall–Kier alpha value is -0.960. The van der Waals surface area contributed by atoms with Crippen LogP contribution in [0.5, 0.6) is 0 Å². The van der Waals surface area contributed by atoms with Crippen LogP contribution in [0.25, 0.3) is 11.1 Å². The van der Waals surface area contributed by atoms with Gasteiger partial charge in [0, 0.05) is 27.2 Å². The number of nitrogens with one attached hydrogen (secondary N) is 1. The fourth-order valence-electron chi connectivity index (χ4n) is 1.72. The summed E-state index contributed by atoms with van der Waals surface area (Å²) in [5.74, 6) is 0.868. The first-order valence-electron chi connectivity index (χ1n) is 5.83. The second-order valence-electron chi connectivity index (χ2n) is 4.42. The zero-order chi connectivity index (χ0) is 13.1. The van der Waals surface area contributed by atoms with E-state index in [0.29, 0.717) is 22.6 Å². The molecule has 18 heavy (non-hydrogen) atoms. The van der Waals surface area contributed by atoms with E-state index in [4.69, 9.17) is 27.6 Å². The smallest absolute Gasteiger partial charge is 0.125 e. The molecule has 0 radical (unpaired) electrons. The molecule has 1 aromatic carbocycles. The Bertz CT molecular complexity index is 534. The van der Waals surface area contributed by atoms with Gasteiger partial charge in [0.2, 0.25) is 0 Å². The Kier molecular flexibility index (Phi) is 4.33. The van der Waals surface area contributed by atoms with E-state index in [9.17, 15) is 0 Å². The molecular weight excluding hydrogens is 269 g/mol. The van der Waals surface area contributed by atoms with E-state index >= 15 is 0 Å². The number of hydrogen-bond donors (Lipinski definition) is 1. The normalized spacial score (nSPS) is 11.2. The zero-order valence-corrected chi connectivity index (χ0v) is 11.8. The highest BCUT2D eigenvalue weighted by molar-refractivity contribution is 6.35.